The maximum absolute atomic E-state index is 5.21. The molecule has 0 aromatic rings. The molecule has 0 fully saturated rings. The Bertz CT molecular complexity index is 62.1. The normalized spacial score (nSPS) is 16.8. The largest absolute Gasteiger partial charge is 0.378 e. The highest BCUT2D eigenvalue weighted by molar-refractivity contribution is 14.1. The molecule has 0 aliphatic carbocycles. The minimum absolute atomic E-state index is 0.238. The van der Waals surface area contributed by atoms with Gasteiger partial charge in [-0.3, -0.25) is 0 Å². The second-order valence-corrected chi connectivity index (χ2v) is 3.62. The molecule has 0 N–H and O–H groups in total. The first-order valence-corrected chi connectivity index (χ1v) is 6.02. The molecule has 10 heavy (non-hydrogen) atoms. The summed E-state index contributed by atoms with van der Waals surface area (Å²) in [6.45, 7) is 0. The van der Waals surface area contributed by atoms with Crippen molar-refractivity contribution in [3.63, 3.8) is 0 Å². The third-order valence-electron chi connectivity index (χ3n) is 1.32. The third-order valence-corrected chi connectivity index (χ3v) is 3.06. The fraction of sp³-hybridized carbons (Fsp3) is 1.00. The molecular formula is C6H12I2O2. The van der Waals surface area contributed by atoms with Crippen molar-refractivity contribution in [3.8, 4) is 0 Å². The molecule has 0 aliphatic heterocycles. The van der Waals surface area contributed by atoms with Crippen molar-refractivity contribution in [2.24, 2.45) is 0 Å². The zero-order chi connectivity index (χ0) is 7.98. The molecule has 2 nitrogen and oxygen atoms in total. The predicted molar refractivity (Wildman–Crippen MR) is 59.4 cm³/mol. The summed E-state index contributed by atoms with van der Waals surface area (Å²) in [5.41, 5.74) is 0. The number of ether oxygens (including phenoxy) is 2. The highest BCUT2D eigenvalue weighted by Gasteiger charge is 2.17. The van der Waals surface area contributed by atoms with Crippen molar-refractivity contribution >= 4 is 45.2 Å². The zero-order valence-electron chi connectivity index (χ0n) is 6.14. The van der Waals surface area contributed by atoms with Gasteiger partial charge in [-0.25, -0.2) is 0 Å². The average molecular weight is 370 g/mol. The summed E-state index contributed by atoms with van der Waals surface area (Å²) in [5.74, 6) is 0. The molecular weight excluding hydrogens is 358 g/mol. The summed E-state index contributed by atoms with van der Waals surface area (Å²) in [6.07, 6.45) is 0.477. The first-order chi connectivity index (χ1) is 4.79. The third kappa shape index (κ3) is 3.68. The molecule has 62 valence electrons. The molecule has 0 radical (unpaired) electrons. The SMILES string of the molecule is CO[C@@H](CI)[C@@H](CI)OC. The number of hydrogen-bond donors (Lipinski definition) is 0. The fourth-order valence-corrected chi connectivity index (χ4v) is 2.48. The van der Waals surface area contributed by atoms with Gasteiger partial charge in [-0.2, -0.15) is 0 Å². The van der Waals surface area contributed by atoms with Gasteiger partial charge in [0.15, 0.2) is 0 Å². The average Bonchev–Trinajstić information content (AvgIpc) is 2.00. The van der Waals surface area contributed by atoms with Gasteiger partial charge in [0.25, 0.3) is 0 Å². The van der Waals surface area contributed by atoms with Crippen LogP contribution in [0.2, 0.25) is 0 Å². The molecule has 0 saturated heterocycles. The first kappa shape index (κ1) is 11.4. The van der Waals surface area contributed by atoms with Crippen molar-refractivity contribution in [1.82, 2.24) is 0 Å². The van der Waals surface area contributed by atoms with E-state index in [1.165, 1.54) is 0 Å². The van der Waals surface area contributed by atoms with Crippen LogP contribution >= 0.6 is 45.2 Å². The summed E-state index contributed by atoms with van der Waals surface area (Å²) in [5, 5.41) is 0. The van der Waals surface area contributed by atoms with Gasteiger partial charge in [-0.15, -0.1) is 0 Å². The molecule has 0 saturated carbocycles. The quantitative estimate of drug-likeness (QED) is 0.544. The van der Waals surface area contributed by atoms with Crippen molar-refractivity contribution in [2.75, 3.05) is 23.1 Å². The molecule has 0 amide bonds. The first-order valence-electron chi connectivity index (χ1n) is 2.97. The number of methoxy groups -OCH3 is 2. The lowest BCUT2D eigenvalue weighted by Gasteiger charge is -2.20. The topological polar surface area (TPSA) is 18.5 Å². The summed E-state index contributed by atoms with van der Waals surface area (Å²) in [7, 11) is 3.45. The van der Waals surface area contributed by atoms with E-state index >= 15 is 0 Å². The monoisotopic (exact) mass is 370 g/mol. The lowest BCUT2D eigenvalue weighted by molar-refractivity contribution is -0.00755. The minimum atomic E-state index is 0.238. The Morgan fingerprint density at radius 2 is 1.30 bits per heavy atom. The summed E-state index contributed by atoms with van der Waals surface area (Å²) in [6, 6.07) is 0. The van der Waals surface area contributed by atoms with Gasteiger partial charge in [-0.1, -0.05) is 45.2 Å². The molecule has 2 atom stereocenters. The Kier molecular flexibility index (Phi) is 8.03. The minimum Gasteiger partial charge on any atom is -0.378 e. The second-order valence-electron chi connectivity index (χ2n) is 1.86. The summed E-state index contributed by atoms with van der Waals surface area (Å²) >= 11 is 4.61. The van der Waals surface area contributed by atoms with Crippen LogP contribution in [0.1, 0.15) is 0 Å². The van der Waals surface area contributed by atoms with Crippen LogP contribution < -0.4 is 0 Å². The molecule has 0 spiro atoms. The van der Waals surface area contributed by atoms with Crippen LogP contribution in [0.5, 0.6) is 0 Å². The lowest BCUT2D eigenvalue weighted by atomic mass is 10.2. The highest BCUT2D eigenvalue weighted by Crippen LogP contribution is 2.08. The van der Waals surface area contributed by atoms with Crippen molar-refractivity contribution in [1.29, 1.82) is 0 Å². The zero-order valence-corrected chi connectivity index (χ0v) is 10.5. The molecule has 0 heterocycles. The van der Waals surface area contributed by atoms with Gasteiger partial charge in [0.05, 0.1) is 12.2 Å². The molecule has 4 heteroatoms. The van der Waals surface area contributed by atoms with Crippen LogP contribution in [-0.4, -0.2) is 35.3 Å². The second kappa shape index (κ2) is 7.05. The van der Waals surface area contributed by atoms with Gasteiger partial charge in [0, 0.05) is 23.1 Å². The Morgan fingerprint density at radius 1 is 1.00 bits per heavy atom. The van der Waals surface area contributed by atoms with E-state index in [1.54, 1.807) is 14.2 Å². The summed E-state index contributed by atoms with van der Waals surface area (Å²) < 4.78 is 12.4. The van der Waals surface area contributed by atoms with Crippen LogP contribution in [0.4, 0.5) is 0 Å². The van der Waals surface area contributed by atoms with Gasteiger partial charge >= 0.3 is 0 Å². The van der Waals surface area contributed by atoms with Crippen LogP contribution in [0.3, 0.4) is 0 Å². The fourth-order valence-electron chi connectivity index (χ4n) is 0.628. The van der Waals surface area contributed by atoms with E-state index in [1.807, 2.05) is 0 Å². The van der Waals surface area contributed by atoms with Crippen molar-refractivity contribution < 1.29 is 9.47 Å². The Balaban J connectivity index is 3.70. The van der Waals surface area contributed by atoms with Gasteiger partial charge in [-0.05, 0) is 0 Å². The molecule has 0 aromatic heterocycles. The van der Waals surface area contributed by atoms with Crippen LogP contribution in [0.25, 0.3) is 0 Å². The van der Waals surface area contributed by atoms with Gasteiger partial charge < -0.3 is 9.47 Å². The predicted octanol–water partition coefficient (Wildman–Crippen LogP) is 1.89. The summed E-state index contributed by atoms with van der Waals surface area (Å²) in [4.78, 5) is 0. The van der Waals surface area contributed by atoms with E-state index in [4.69, 9.17) is 9.47 Å². The molecule has 0 aliphatic rings. The Labute approximate surface area is 89.3 Å². The number of rotatable bonds is 5. The van der Waals surface area contributed by atoms with E-state index in [-0.39, 0.29) is 12.2 Å². The van der Waals surface area contributed by atoms with Crippen LogP contribution in [0.15, 0.2) is 0 Å². The van der Waals surface area contributed by atoms with Crippen molar-refractivity contribution in [3.05, 3.63) is 0 Å². The number of halogens is 2. The number of alkyl halides is 2. The van der Waals surface area contributed by atoms with E-state index in [0.29, 0.717) is 0 Å². The highest BCUT2D eigenvalue weighted by atomic mass is 127. The molecule has 0 rings (SSSR count). The van der Waals surface area contributed by atoms with E-state index < -0.39 is 0 Å². The Hall–Kier alpha value is 1.38. The van der Waals surface area contributed by atoms with Crippen molar-refractivity contribution in [2.45, 2.75) is 12.2 Å². The van der Waals surface area contributed by atoms with Gasteiger partial charge in [0.2, 0.25) is 0 Å². The molecule has 0 aromatic carbocycles. The van der Waals surface area contributed by atoms with E-state index in [2.05, 4.69) is 45.2 Å². The van der Waals surface area contributed by atoms with E-state index in [9.17, 15) is 0 Å². The standard InChI is InChI=1S/C6H12I2O2/c1-9-5(3-7)6(4-8)10-2/h5-6H,3-4H2,1-2H3/t5-,6+. The number of hydrogen-bond acceptors (Lipinski definition) is 2. The van der Waals surface area contributed by atoms with E-state index in [0.717, 1.165) is 8.86 Å². The maximum atomic E-state index is 5.21. The van der Waals surface area contributed by atoms with Crippen LogP contribution in [-0.2, 0) is 9.47 Å². The Morgan fingerprint density at radius 3 is 1.40 bits per heavy atom. The van der Waals surface area contributed by atoms with Gasteiger partial charge in [0.1, 0.15) is 0 Å². The van der Waals surface area contributed by atoms with Crippen LogP contribution in [0, 0.1) is 0 Å². The smallest absolute Gasteiger partial charge is 0.0929 e. The lowest BCUT2D eigenvalue weighted by Crippen LogP contribution is -2.32. The molecule has 0 unspecified atom stereocenters. The molecule has 0 bridgehead atoms. The maximum Gasteiger partial charge on any atom is 0.0929 e.